The van der Waals surface area contributed by atoms with Crippen LogP contribution in [0.3, 0.4) is 0 Å². The lowest BCUT2D eigenvalue weighted by molar-refractivity contribution is -0.120. The third-order valence-electron chi connectivity index (χ3n) is 1.35. The predicted molar refractivity (Wildman–Crippen MR) is 40.3 cm³/mol. The molecule has 4 heteroatoms. The van der Waals surface area contributed by atoms with Gasteiger partial charge < -0.3 is 10.1 Å². The average Bonchev–Trinajstić information content (AvgIpc) is 2.02. The van der Waals surface area contributed by atoms with Crippen molar-refractivity contribution in [1.82, 2.24) is 5.32 Å². The summed E-state index contributed by atoms with van der Waals surface area (Å²) in [7, 11) is 1.26. The molecule has 0 aliphatic carbocycles. The summed E-state index contributed by atoms with van der Waals surface area (Å²) in [5.74, 6) is -0.00426. The molecule has 0 aromatic heterocycles. The van der Waals surface area contributed by atoms with E-state index >= 15 is 0 Å². The first kappa shape index (κ1) is 9.94. The first-order valence-electron chi connectivity index (χ1n) is 3.49. The number of ether oxygens (including phenoxy) is 1. The Morgan fingerprint density at radius 2 is 2.09 bits per heavy atom. The molecule has 0 aromatic rings. The lowest BCUT2D eigenvalue weighted by Crippen LogP contribution is -2.37. The average molecular weight is 159 g/mol. The van der Waals surface area contributed by atoms with E-state index in [1.54, 1.807) is 13.8 Å². The van der Waals surface area contributed by atoms with E-state index in [0.29, 0.717) is 6.42 Å². The van der Waals surface area contributed by atoms with Crippen molar-refractivity contribution in [2.45, 2.75) is 26.3 Å². The minimum absolute atomic E-state index is 0.00426. The summed E-state index contributed by atoms with van der Waals surface area (Å²) in [5.41, 5.74) is 0. The van der Waals surface area contributed by atoms with Crippen molar-refractivity contribution < 1.29 is 14.3 Å². The smallest absolute Gasteiger partial charge is 0.407 e. The van der Waals surface area contributed by atoms with Crippen LogP contribution in [0, 0.1) is 0 Å². The highest BCUT2D eigenvalue weighted by atomic mass is 16.5. The van der Waals surface area contributed by atoms with E-state index in [2.05, 4.69) is 10.1 Å². The van der Waals surface area contributed by atoms with Gasteiger partial charge in [0.1, 0.15) is 0 Å². The van der Waals surface area contributed by atoms with E-state index in [1.807, 2.05) is 0 Å². The number of hydrogen-bond acceptors (Lipinski definition) is 3. The summed E-state index contributed by atoms with van der Waals surface area (Å²) in [4.78, 5) is 21.4. The van der Waals surface area contributed by atoms with Gasteiger partial charge in [0.05, 0.1) is 13.2 Å². The second kappa shape index (κ2) is 4.71. The minimum Gasteiger partial charge on any atom is -0.453 e. The number of methoxy groups -OCH3 is 1. The molecule has 0 heterocycles. The first-order valence-corrected chi connectivity index (χ1v) is 3.49. The van der Waals surface area contributed by atoms with Crippen molar-refractivity contribution in [2.24, 2.45) is 0 Å². The zero-order valence-corrected chi connectivity index (χ0v) is 7.01. The molecule has 0 rings (SSSR count). The molecule has 11 heavy (non-hydrogen) atoms. The number of hydrogen-bond donors (Lipinski definition) is 1. The lowest BCUT2D eigenvalue weighted by Gasteiger charge is -2.09. The molecule has 0 radical (unpaired) electrons. The normalized spacial score (nSPS) is 11.9. The fraction of sp³-hybridized carbons (Fsp3) is 0.714. The molecule has 64 valence electrons. The van der Waals surface area contributed by atoms with Gasteiger partial charge in [-0.2, -0.15) is 0 Å². The number of nitrogens with one attached hydrogen (secondary N) is 1. The monoisotopic (exact) mass is 159 g/mol. The van der Waals surface area contributed by atoms with E-state index in [-0.39, 0.29) is 5.78 Å². The molecule has 4 nitrogen and oxygen atoms in total. The van der Waals surface area contributed by atoms with Gasteiger partial charge in [0, 0.05) is 6.42 Å². The topological polar surface area (TPSA) is 55.4 Å². The van der Waals surface area contributed by atoms with Gasteiger partial charge in [-0.15, -0.1) is 0 Å². The van der Waals surface area contributed by atoms with Crippen LogP contribution in [0.1, 0.15) is 20.3 Å². The summed E-state index contributed by atoms with van der Waals surface area (Å²) in [6.07, 6.45) is -0.148. The Balaban J connectivity index is 3.77. The summed E-state index contributed by atoms with van der Waals surface area (Å²) in [5, 5.41) is 2.37. The van der Waals surface area contributed by atoms with Gasteiger partial charge in [-0.3, -0.25) is 4.79 Å². The standard InChI is InChI=1S/C7H13NO3/c1-4-6(9)5(2)8-7(10)11-3/h5H,4H2,1-3H3,(H,8,10)/t5-/m0/s1. The Kier molecular flexibility index (Phi) is 4.26. The Hall–Kier alpha value is -1.06. The molecular weight excluding hydrogens is 146 g/mol. The zero-order chi connectivity index (χ0) is 8.85. The maximum absolute atomic E-state index is 10.9. The Labute approximate surface area is 65.9 Å². The van der Waals surface area contributed by atoms with Crippen LogP contribution in [0.5, 0.6) is 0 Å². The maximum Gasteiger partial charge on any atom is 0.407 e. The maximum atomic E-state index is 10.9. The van der Waals surface area contributed by atoms with E-state index < -0.39 is 12.1 Å². The Bertz CT molecular complexity index is 156. The van der Waals surface area contributed by atoms with Crippen molar-refractivity contribution in [1.29, 1.82) is 0 Å². The molecule has 0 saturated carbocycles. The van der Waals surface area contributed by atoms with Crippen molar-refractivity contribution in [2.75, 3.05) is 7.11 Å². The molecule has 0 aliphatic rings. The molecule has 0 saturated heterocycles. The highest BCUT2D eigenvalue weighted by Gasteiger charge is 2.12. The van der Waals surface area contributed by atoms with Gasteiger partial charge in [-0.05, 0) is 6.92 Å². The number of rotatable bonds is 3. The lowest BCUT2D eigenvalue weighted by atomic mass is 10.2. The molecule has 0 bridgehead atoms. The van der Waals surface area contributed by atoms with Gasteiger partial charge in [0.25, 0.3) is 0 Å². The Morgan fingerprint density at radius 1 is 1.55 bits per heavy atom. The van der Waals surface area contributed by atoms with E-state index in [4.69, 9.17) is 0 Å². The van der Waals surface area contributed by atoms with Crippen molar-refractivity contribution in [3.8, 4) is 0 Å². The molecule has 0 fully saturated rings. The fourth-order valence-corrected chi connectivity index (χ4v) is 0.622. The molecule has 0 aliphatic heterocycles. The van der Waals surface area contributed by atoms with Crippen LogP contribution in [-0.4, -0.2) is 25.0 Å². The van der Waals surface area contributed by atoms with E-state index in [1.165, 1.54) is 7.11 Å². The third kappa shape index (κ3) is 3.60. The quantitative estimate of drug-likeness (QED) is 0.659. The SMILES string of the molecule is CCC(=O)[C@H](C)NC(=O)OC. The number of Topliss-reactive ketones (excluding diaryl/α,β-unsaturated/α-hetero) is 1. The number of carbonyl (C=O) groups excluding carboxylic acids is 2. The van der Waals surface area contributed by atoms with Gasteiger partial charge in [0.2, 0.25) is 0 Å². The van der Waals surface area contributed by atoms with Crippen molar-refractivity contribution >= 4 is 11.9 Å². The third-order valence-corrected chi connectivity index (χ3v) is 1.35. The van der Waals surface area contributed by atoms with Crippen LogP contribution < -0.4 is 5.32 Å². The number of alkyl carbamates (subject to hydrolysis) is 1. The Morgan fingerprint density at radius 3 is 2.45 bits per heavy atom. The summed E-state index contributed by atoms with van der Waals surface area (Å²) in [6.45, 7) is 3.38. The predicted octanol–water partition coefficient (Wildman–Crippen LogP) is 0.710. The number of amides is 1. The summed E-state index contributed by atoms with van der Waals surface area (Å²) in [6, 6.07) is -0.451. The van der Waals surface area contributed by atoms with E-state index in [0.717, 1.165) is 0 Å². The second-order valence-corrected chi connectivity index (χ2v) is 2.18. The molecule has 1 amide bonds. The molecular formula is C7H13NO3. The fourth-order valence-electron chi connectivity index (χ4n) is 0.622. The number of carbonyl (C=O) groups is 2. The summed E-state index contributed by atoms with van der Waals surface area (Å²) >= 11 is 0. The van der Waals surface area contributed by atoms with E-state index in [9.17, 15) is 9.59 Å². The van der Waals surface area contributed by atoms with Gasteiger partial charge in [-0.1, -0.05) is 6.92 Å². The molecule has 1 N–H and O–H groups in total. The van der Waals surface area contributed by atoms with Crippen molar-refractivity contribution in [3.63, 3.8) is 0 Å². The van der Waals surface area contributed by atoms with Crippen LogP contribution in [0.2, 0.25) is 0 Å². The summed E-state index contributed by atoms with van der Waals surface area (Å²) < 4.78 is 4.31. The highest BCUT2D eigenvalue weighted by molar-refractivity contribution is 5.86. The van der Waals surface area contributed by atoms with Crippen LogP contribution in [0.25, 0.3) is 0 Å². The van der Waals surface area contributed by atoms with Crippen LogP contribution >= 0.6 is 0 Å². The van der Waals surface area contributed by atoms with Crippen molar-refractivity contribution in [3.05, 3.63) is 0 Å². The largest absolute Gasteiger partial charge is 0.453 e. The minimum atomic E-state index is -0.570. The van der Waals surface area contributed by atoms with Gasteiger partial charge in [-0.25, -0.2) is 4.79 Å². The van der Waals surface area contributed by atoms with Crippen LogP contribution in [-0.2, 0) is 9.53 Å². The molecule has 1 atom stereocenters. The van der Waals surface area contributed by atoms with Gasteiger partial charge >= 0.3 is 6.09 Å². The zero-order valence-electron chi connectivity index (χ0n) is 7.01. The van der Waals surface area contributed by atoms with Gasteiger partial charge in [0.15, 0.2) is 5.78 Å². The molecule has 0 spiro atoms. The number of ketones is 1. The molecule has 0 unspecified atom stereocenters. The highest BCUT2D eigenvalue weighted by Crippen LogP contribution is 1.89. The second-order valence-electron chi connectivity index (χ2n) is 2.18. The van der Waals surface area contributed by atoms with Crippen LogP contribution in [0.15, 0.2) is 0 Å². The molecule has 0 aromatic carbocycles. The first-order chi connectivity index (χ1) is 5.11. The van der Waals surface area contributed by atoms with Crippen LogP contribution in [0.4, 0.5) is 4.79 Å².